The normalized spacial score (nSPS) is 11.8. The number of halogens is 3. The molecule has 0 spiro atoms. The summed E-state index contributed by atoms with van der Waals surface area (Å²) in [5.74, 6) is 0.805. The van der Waals surface area contributed by atoms with Gasteiger partial charge in [-0.3, -0.25) is 4.57 Å². The van der Waals surface area contributed by atoms with Gasteiger partial charge in [0.25, 0.3) is 0 Å². The van der Waals surface area contributed by atoms with E-state index in [1.165, 1.54) is 23.9 Å². The molecule has 0 radical (unpaired) electrons. The Labute approximate surface area is 111 Å². The summed E-state index contributed by atoms with van der Waals surface area (Å²) in [6.45, 7) is 0. The van der Waals surface area contributed by atoms with Crippen LogP contribution >= 0.6 is 11.8 Å². The summed E-state index contributed by atoms with van der Waals surface area (Å²) in [6.07, 6.45) is -4.30. The number of hydrogen-bond acceptors (Lipinski definition) is 4. The molecule has 4 nitrogen and oxygen atoms in total. The number of nitrogen functional groups attached to an aromatic ring is 1. The van der Waals surface area contributed by atoms with Crippen molar-refractivity contribution in [1.29, 1.82) is 0 Å². The first-order valence-corrected chi connectivity index (χ1v) is 6.30. The van der Waals surface area contributed by atoms with Gasteiger partial charge >= 0.3 is 6.18 Å². The van der Waals surface area contributed by atoms with Crippen molar-refractivity contribution >= 4 is 17.7 Å². The van der Waals surface area contributed by atoms with Crippen LogP contribution in [0, 0.1) is 0 Å². The number of anilines is 1. The molecule has 8 heteroatoms. The Morgan fingerprint density at radius 1 is 1.21 bits per heavy atom. The van der Waals surface area contributed by atoms with Crippen LogP contribution < -0.4 is 5.73 Å². The average molecular weight is 288 g/mol. The fraction of sp³-hybridized carbons (Fsp3) is 0.273. The molecular formula is C11H11F3N4S. The summed E-state index contributed by atoms with van der Waals surface area (Å²) in [7, 11) is 1.73. The Morgan fingerprint density at radius 2 is 1.84 bits per heavy atom. The standard InChI is InChI=1S/C11H11F3N4S/c1-18-9(15)16-17-10(18)19-6-7-2-4-8(5-3-7)11(12,13)14/h2-5H,6H2,1H3,(H2,15,16). The maximum Gasteiger partial charge on any atom is 0.416 e. The van der Waals surface area contributed by atoms with Crippen molar-refractivity contribution < 1.29 is 13.2 Å². The third-order valence-electron chi connectivity index (χ3n) is 2.52. The van der Waals surface area contributed by atoms with Gasteiger partial charge < -0.3 is 5.73 Å². The number of nitrogens with two attached hydrogens (primary N) is 1. The second kappa shape index (κ2) is 5.12. The summed E-state index contributed by atoms with van der Waals surface area (Å²) >= 11 is 1.36. The zero-order valence-electron chi connectivity index (χ0n) is 9.98. The van der Waals surface area contributed by atoms with Gasteiger partial charge in [0.1, 0.15) is 0 Å². The summed E-state index contributed by atoms with van der Waals surface area (Å²) in [5, 5.41) is 8.18. The Morgan fingerprint density at radius 3 is 2.32 bits per heavy atom. The monoisotopic (exact) mass is 288 g/mol. The van der Waals surface area contributed by atoms with Gasteiger partial charge in [-0.2, -0.15) is 13.2 Å². The van der Waals surface area contributed by atoms with E-state index in [0.29, 0.717) is 16.9 Å². The van der Waals surface area contributed by atoms with Gasteiger partial charge in [0.2, 0.25) is 5.95 Å². The molecule has 19 heavy (non-hydrogen) atoms. The van der Waals surface area contributed by atoms with Crippen LogP contribution in [0.5, 0.6) is 0 Å². The molecule has 0 aliphatic heterocycles. The number of thioether (sulfide) groups is 1. The lowest BCUT2D eigenvalue weighted by molar-refractivity contribution is -0.137. The number of benzene rings is 1. The molecule has 1 heterocycles. The highest BCUT2D eigenvalue weighted by Gasteiger charge is 2.29. The van der Waals surface area contributed by atoms with Gasteiger partial charge in [0, 0.05) is 12.8 Å². The number of alkyl halides is 3. The first-order valence-electron chi connectivity index (χ1n) is 5.31. The molecule has 1 aromatic carbocycles. The molecule has 0 amide bonds. The number of nitrogens with zero attached hydrogens (tertiary/aromatic N) is 3. The summed E-state index contributed by atoms with van der Waals surface area (Å²) in [6, 6.07) is 5.05. The third-order valence-corrected chi connectivity index (χ3v) is 3.61. The molecule has 2 N–H and O–H groups in total. The second-order valence-electron chi connectivity index (χ2n) is 3.88. The van der Waals surface area contributed by atoms with Crippen LogP contribution in [0.3, 0.4) is 0 Å². The molecule has 0 aliphatic carbocycles. The Hall–Kier alpha value is -1.70. The van der Waals surface area contributed by atoms with Gasteiger partial charge in [-0.25, -0.2) is 0 Å². The highest BCUT2D eigenvalue weighted by Crippen LogP contribution is 2.30. The van der Waals surface area contributed by atoms with Crippen molar-refractivity contribution in [1.82, 2.24) is 14.8 Å². The first kappa shape index (κ1) is 13.7. The smallest absolute Gasteiger partial charge is 0.368 e. The van der Waals surface area contributed by atoms with Crippen LogP contribution in [0.15, 0.2) is 29.4 Å². The summed E-state index contributed by atoms with van der Waals surface area (Å²) in [5.41, 5.74) is 5.66. The third kappa shape index (κ3) is 3.19. The van der Waals surface area contributed by atoms with E-state index in [1.54, 1.807) is 11.6 Å². The van der Waals surface area contributed by atoms with Crippen molar-refractivity contribution in [2.75, 3.05) is 5.73 Å². The summed E-state index contributed by atoms with van der Waals surface area (Å²) in [4.78, 5) is 0. The van der Waals surface area contributed by atoms with E-state index in [2.05, 4.69) is 10.2 Å². The molecule has 0 unspecified atom stereocenters. The largest absolute Gasteiger partial charge is 0.416 e. The topological polar surface area (TPSA) is 56.7 Å². The molecule has 0 saturated carbocycles. The first-order chi connectivity index (χ1) is 8.88. The predicted octanol–water partition coefficient (Wildman–Crippen LogP) is 2.71. The second-order valence-corrected chi connectivity index (χ2v) is 4.83. The predicted molar refractivity (Wildman–Crippen MR) is 66.4 cm³/mol. The Kier molecular flexibility index (Phi) is 3.70. The van der Waals surface area contributed by atoms with Gasteiger partial charge in [-0.1, -0.05) is 23.9 Å². The van der Waals surface area contributed by atoms with Crippen molar-refractivity contribution in [3.63, 3.8) is 0 Å². The molecule has 0 saturated heterocycles. The van der Waals surface area contributed by atoms with E-state index in [1.807, 2.05) is 0 Å². The molecular weight excluding hydrogens is 277 g/mol. The van der Waals surface area contributed by atoms with Crippen LogP contribution in [-0.4, -0.2) is 14.8 Å². The van der Waals surface area contributed by atoms with Gasteiger partial charge in [0.05, 0.1) is 5.56 Å². The molecule has 2 rings (SSSR count). The highest BCUT2D eigenvalue weighted by atomic mass is 32.2. The van der Waals surface area contributed by atoms with E-state index in [9.17, 15) is 13.2 Å². The lowest BCUT2D eigenvalue weighted by Crippen LogP contribution is -2.04. The quantitative estimate of drug-likeness (QED) is 0.882. The van der Waals surface area contributed by atoms with E-state index in [-0.39, 0.29) is 0 Å². The van der Waals surface area contributed by atoms with Crippen molar-refractivity contribution in [3.05, 3.63) is 35.4 Å². The number of rotatable bonds is 3. The van der Waals surface area contributed by atoms with Crippen LogP contribution in [0.4, 0.5) is 19.1 Å². The van der Waals surface area contributed by atoms with Crippen molar-refractivity contribution in [2.24, 2.45) is 7.05 Å². The van der Waals surface area contributed by atoms with Crippen LogP contribution in [0.2, 0.25) is 0 Å². The Balaban J connectivity index is 2.03. The van der Waals surface area contributed by atoms with E-state index in [4.69, 9.17) is 5.73 Å². The van der Waals surface area contributed by atoms with Crippen LogP contribution in [0.25, 0.3) is 0 Å². The lowest BCUT2D eigenvalue weighted by atomic mass is 10.1. The SMILES string of the molecule is Cn1c(N)nnc1SCc1ccc(C(F)(F)F)cc1. The maximum atomic E-state index is 12.4. The minimum Gasteiger partial charge on any atom is -0.368 e. The molecule has 2 aromatic rings. The minimum atomic E-state index is -4.30. The van der Waals surface area contributed by atoms with Crippen LogP contribution in [0.1, 0.15) is 11.1 Å². The van der Waals surface area contributed by atoms with Crippen LogP contribution in [-0.2, 0) is 19.0 Å². The van der Waals surface area contributed by atoms with E-state index < -0.39 is 11.7 Å². The zero-order valence-corrected chi connectivity index (χ0v) is 10.8. The molecule has 0 aliphatic rings. The van der Waals surface area contributed by atoms with Gasteiger partial charge in [-0.15, -0.1) is 10.2 Å². The number of aromatic nitrogens is 3. The van der Waals surface area contributed by atoms with Gasteiger partial charge in [-0.05, 0) is 17.7 Å². The molecule has 102 valence electrons. The maximum absolute atomic E-state index is 12.4. The average Bonchev–Trinajstić information content (AvgIpc) is 2.67. The van der Waals surface area contributed by atoms with Gasteiger partial charge in [0.15, 0.2) is 5.16 Å². The minimum absolute atomic E-state index is 0.301. The highest BCUT2D eigenvalue weighted by molar-refractivity contribution is 7.98. The fourth-order valence-electron chi connectivity index (χ4n) is 1.39. The van der Waals surface area contributed by atoms with E-state index in [0.717, 1.165) is 17.7 Å². The Bertz CT molecular complexity index is 562. The lowest BCUT2D eigenvalue weighted by Gasteiger charge is -2.07. The molecule has 0 bridgehead atoms. The van der Waals surface area contributed by atoms with Crippen molar-refractivity contribution in [3.8, 4) is 0 Å². The molecule has 0 fully saturated rings. The fourth-order valence-corrected chi connectivity index (χ4v) is 2.26. The van der Waals surface area contributed by atoms with Crippen molar-refractivity contribution in [2.45, 2.75) is 17.1 Å². The molecule has 1 aromatic heterocycles. The molecule has 0 atom stereocenters. The number of hydrogen-bond donors (Lipinski definition) is 1. The zero-order chi connectivity index (χ0) is 14.0. The van der Waals surface area contributed by atoms with E-state index >= 15 is 0 Å². The summed E-state index contributed by atoms with van der Waals surface area (Å²) < 4.78 is 38.8.